The van der Waals surface area contributed by atoms with Crippen LogP contribution in [0.5, 0.6) is 0 Å². The summed E-state index contributed by atoms with van der Waals surface area (Å²) >= 11 is 0. The lowest BCUT2D eigenvalue weighted by atomic mass is 10.1. The molecule has 0 radical (unpaired) electrons. The molecule has 13 heavy (non-hydrogen) atoms. The molecule has 1 aliphatic carbocycles. The maximum atomic E-state index is 3.60. The van der Waals surface area contributed by atoms with Gasteiger partial charge in [-0.15, -0.1) is 0 Å². The Bertz CT molecular complexity index is 318. The lowest BCUT2D eigenvalue weighted by Gasteiger charge is -2.28. The SMILES string of the molecule is c1ccc2c(c1)NC[C@@H](C1CC1)N2. The average Bonchev–Trinajstić information content (AvgIpc) is 3.00. The molecular weight excluding hydrogens is 160 g/mol. The van der Waals surface area contributed by atoms with E-state index in [0.29, 0.717) is 6.04 Å². The van der Waals surface area contributed by atoms with E-state index < -0.39 is 0 Å². The van der Waals surface area contributed by atoms with E-state index in [1.54, 1.807) is 0 Å². The normalized spacial score (nSPS) is 25.7. The molecule has 0 spiro atoms. The first-order valence-electron chi connectivity index (χ1n) is 5.03. The van der Waals surface area contributed by atoms with E-state index in [1.165, 1.54) is 24.2 Å². The maximum absolute atomic E-state index is 3.60. The van der Waals surface area contributed by atoms with Crippen LogP contribution < -0.4 is 10.6 Å². The summed E-state index contributed by atoms with van der Waals surface area (Å²) in [6.45, 7) is 1.08. The number of benzene rings is 1. The Labute approximate surface area is 78.3 Å². The Balaban J connectivity index is 1.85. The van der Waals surface area contributed by atoms with Gasteiger partial charge in [0, 0.05) is 12.6 Å². The monoisotopic (exact) mass is 174 g/mol. The molecular formula is C11H14N2. The Morgan fingerprint density at radius 3 is 2.62 bits per heavy atom. The van der Waals surface area contributed by atoms with Gasteiger partial charge in [-0.25, -0.2) is 0 Å². The first kappa shape index (κ1) is 7.25. The van der Waals surface area contributed by atoms with E-state index in [2.05, 4.69) is 34.9 Å². The minimum Gasteiger partial charge on any atom is -0.381 e. The van der Waals surface area contributed by atoms with E-state index in [9.17, 15) is 0 Å². The zero-order valence-corrected chi connectivity index (χ0v) is 7.59. The lowest BCUT2D eigenvalue weighted by Crippen LogP contribution is -2.34. The van der Waals surface area contributed by atoms with Crippen molar-refractivity contribution >= 4 is 11.4 Å². The lowest BCUT2D eigenvalue weighted by molar-refractivity contribution is 0.653. The van der Waals surface area contributed by atoms with Gasteiger partial charge >= 0.3 is 0 Å². The molecule has 1 atom stereocenters. The summed E-state index contributed by atoms with van der Waals surface area (Å²) in [6.07, 6.45) is 2.81. The maximum Gasteiger partial charge on any atom is 0.0578 e. The predicted octanol–water partition coefficient (Wildman–Crippen LogP) is 2.30. The highest BCUT2D eigenvalue weighted by atomic mass is 15.1. The molecule has 68 valence electrons. The summed E-state index contributed by atoms with van der Waals surface area (Å²) in [6, 6.07) is 9.10. The molecule has 0 unspecified atom stereocenters. The minimum atomic E-state index is 0.662. The number of para-hydroxylation sites is 2. The average molecular weight is 174 g/mol. The van der Waals surface area contributed by atoms with Crippen molar-refractivity contribution in [1.29, 1.82) is 0 Å². The highest BCUT2D eigenvalue weighted by Gasteiger charge is 2.32. The van der Waals surface area contributed by atoms with Crippen LogP contribution in [0.1, 0.15) is 12.8 Å². The van der Waals surface area contributed by atoms with Crippen molar-refractivity contribution in [2.45, 2.75) is 18.9 Å². The first-order valence-corrected chi connectivity index (χ1v) is 5.03. The largest absolute Gasteiger partial charge is 0.381 e. The van der Waals surface area contributed by atoms with Gasteiger partial charge < -0.3 is 10.6 Å². The van der Waals surface area contributed by atoms with Gasteiger partial charge in [-0.05, 0) is 30.9 Å². The van der Waals surface area contributed by atoms with Gasteiger partial charge in [-0.1, -0.05) is 12.1 Å². The van der Waals surface area contributed by atoms with Gasteiger partial charge in [-0.2, -0.15) is 0 Å². The molecule has 1 aromatic carbocycles. The second-order valence-corrected chi connectivity index (χ2v) is 4.01. The standard InChI is InChI=1S/C11H14N2/c1-2-4-10-9(3-1)12-7-11(13-10)8-5-6-8/h1-4,8,11-13H,5-7H2/t11-/m0/s1. The zero-order valence-electron chi connectivity index (χ0n) is 7.59. The summed E-state index contributed by atoms with van der Waals surface area (Å²) in [5.74, 6) is 0.917. The third kappa shape index (κ3) is 1.26. The number of hydrogen-bond acceptors (Lipinski definition) is 2. The van der Waals surface area contributed by atoms with Crippen molar-refractivity contribution in [1.82, 2.24) is 0 Å². The number of hydrogen-bond donors (Lipinski definition) is 2. The third-order valence-electron chi connectivity index (χ3n) is 2.97. The van der Waals surface area contributed by atoms with Crippen molar-refractivity contribution in [2.75, 3.05) is 17.2 Å². The minimum absolute atomic E-state index is 0.662. The van der Waals surface area contributed by atoms with Gasteiger partial charge in [0.25, 0.3) is 0 Å². The van der Waals surface area contributed by atoms with Gasteiger partial charge in [0.05, 0.1) is 11.4 Å². The molecule has 0 amide bonds. The highest BCUT2D eigenvalue weighted by Crippen LogP contribution is 2.37. The number of rotatable bonds is 1. The van der Waals surface area contributed by atoms with E-state index >= 15 is 0 Å². The van der Waals surface area contributed by atoms with Crippen molar-refractivity contribution in [3.63, 3.8) is 0 Å². The number of anilines is 2. The van der Waals surface area contributed by atoms with Crippen LogP contribution in [-0.2, 0) is 0 Å². The topological polar surface area (TPSA) is 24.1 Å². The molecule has 1 fully saturated rings. The molecule has 1 aromatic rings. The molecule has 2 heteroatoms. The van der Waals surface area contributed by atoms with Crippen LogP contribution in [0.4, 0.5) is 11.4 Å². The van der Waals surface area contributed by atoms with E-state index in [1.807, 2.05) is 0 Å². The smallest absolute Gasteiger partial charge is 0.0578 e. The molecule has 2 N–H and O–H groups in total. The molecule has 0 bridgehead atoms. The zero-order chi connectivity index (χ0) is 8.67. The van der Waals surface area contributed by atoms with Crippen LogP contribution in [0.2, 0.25) is 0 Å². The Kier molecular flexibility index (Phi) is 1.48. The molecule has 2 aliphatic rings. The van der Waals surface area contributed by atoms with Crippen molar-refractivity contribution in [3.05, 3.63) is 24.3 Å². The first-order chi connectivity index (χ1) is 6.43. The summed E-state index contributed by atoms with van der Waals surface area (Å²) in [5.41, 5.74) is 2.52. The Hall–Kier alpha value is -1.18. The summed E-state index contributed by atoms with van der Waals surface area (Å²) in [5, 5.41) is 7.07. The second-order valence-electron chi connectivity index (χ2n) is 4.01. The second kappa shape index (κ2) is 2.66. The van der Waals surface area contributed by atoms with E-state index in [-0.39, 0.29) is 0 Å². The molecule has 1 aliphatic heterocycles. The summed E-state index contributed by atoms with van der Waals surface area (Å²) < 4.78 is 0. The van der Waals surface area contributed by atoms with Crippen LogP contribution in [0, 0.1) is 5.92 Å². The Morgan fingerprint density at radius 1 is 1.08 bits per heavy atom. The van der Waals surface area contributed by atoms with Crippen LogP contribution in [0.15, 0.2) is 24.3 Å². The fraction of sp³-hybridized carbons (Fsp3) is 0.455. The van der Waals surface area contributed by atoms with Gasteiger partial charge in [0.15, 0.2) is 0 Å². The van der Waals surface area contributed by atoms with Crippen molar-refractivity contribution < 1.29 is 0 Å². The van der Waals surface area contributed by atoms with Crippen LogP contribution in [0.25, 0.3) is 0 Å². The third-order valence-corrected chi connectivity index (χ3v) is 2.97. The van der Waals surface area contributed by atoms with Crippen LogP contribution in [-0.4, -0.2) is 12.6 Å². The van der Waals surface area contributed by atoms with Gasteiger partial charge in [0.2, 0.25) is 0 Å². The molecule has 0 aromatic heterocycles. The molecule has 1 heterocycles. The van der Waals surface area contributed by atoms with Crippen molar-refractivity contribution in [2.24, 2.45) is 5.92 Å². The molecule has 1 saturated carbocycles. The number of nitrogens with one attached hydrogen (secondary N) is 2. The van der Waals surface area contributed by atoms with Crippen LogP contribution in [0.3, 0.4) is 0 Å². The fourth-order valence-electron chi connectivity index (χ4n) is 2.02. The Morgan fingerprint density at radius 2 is 1.85 bits per heavy atom. The molecule has 0 saturated heterocycles. The van der Waals surface area contributed by atoms with Gasteiger partial charge in [0.1, 0.15) is 0 Å². The molecule has 2 nitrogen and oxygen atoms in total. The highest BCUT2D eigenvalue weighted by molar-refractivity contribution is 5.71. The van der Waals surface area contributed by atoms with Crippen LogP contribution >= 0.6 is 0 Å². The fourth-order valence-corrected chi connectivity index (χ4v) is 2.02. The number of fused-ring (bicyclic) bond motifs is 1. The quantitative estimate of drug-likeness (QED) is 0.682. The summed E-state index contributed by atoms with van der Waals surface area (Å²) in [7, 11) is 0. The van der Waals surface area contributed by atoms with E-state index in [0.717, 1.165) is 12.5 Å². The van der Waals surface area contributed by atoms with Crippen molar-refractivity contribution in [3.8, 4) is 0 Å². The predicted molar refractivity (Wildman–Crippen MR) is 55.1 cm³/mol. The summed E-state index contributed by atoms with van der Waals surface area (Å²) in [4.78, 5) is 0. The van der Waals surface area contributed by atoms with Gasteiger partial charge in [-0.3, -0.25) is 0 Å². The van der Waals surface area contributed by atoms with E-state index in [4.69, 9.17) is 0 Å². The molecule has 3 rings (SSSR count).